The first-order chi connectivity index (χ1) is 10.2. The summed E-state index contributed by atoms with van der Waals surface area (Å²) in [5.41, 5.74) is 14.2. The van der Waals surface area contributed by atoms with Gasteiger partial charge < -0.3 is 16.8 Å². The van der Waals surface area contributed by atoms with Crippen molar-refractivity contribution in [2.45, 2.75) is 0 Å². The summed E-state index contributed by atoms with van der Waals surface area (Å²) in [5.74, 6) is -0.530. The molecule has 0 aliphatic heterocycles. The Bertz CT molecular complexity index is 824. The maximum Gasteiger partial charge on any atom is 0.250 e. The van der Waals surface area contributed by atoms with Gasteiger partial charge in [0.1, 0.15) is 0 Å². The van der Waals surface area contributed by atoms with E-state index in [1.54, 1.807) is 24.4 Å². The number of primary amides is 1. The third-order valence-corrected chi connectivity index (χ3v) is 3.25. The highest BCUT2D eigenvalue weighted by Crippen LogP contribution is 2.30. The molecule has 0 saturated heterocycles. The number of nitrogen functional groups attached to an aromatic ring is 1. The Labute approximate surface area is 121 Å². The van der Waals surface area contributed by atoms with E-state index in [1.807, 2.05) is 30.3 Å². The fourth-order valence-electron chi connectivity index (χ4n) is 2.25. The summed E-state index contributed by atoms with van der Waals surface area (Å²) in [6.07, 6.45) is 1.72. The number of anilines is 3. The first-order valence-corrected chi connectivity index (χ1v) is 6.46. The van der Waals surface area contributed by atoms with Crippen molar-refractivity contribution in [1.82, 2.24) is 4.98 Å². The number of aromatic nitrogens is 1. The number of amides is 1. The number of hydrogen-bond donors (Lipinski definition) is 3. The molecule has 3 rings (SSSR count). The number of nitrogens with one attached hydrogen (secondary N) is 1. The van der Waals surface area contributed by atoms with E-state index < -0.39 is 5.91 Å². The van der Waals surface area contributed by atoms with Crippen molar-refractivity contribution in [1.29, 1.82) is 0 Å². The highest BCUT2D eigenvalue weighted by Gasteiger charge is 2.12. The van der Waals surface area contributed by atoms with Crippen molar-refractivity contribution < 1.29 is 4.79 Å². The second-order valence-electron chi connectivity index (χ2n) is 4.64. The lowest BCUT2D eigenvalue weighted by Crippen LogP contribution is -2.14. The minimum Gasteiger partial charge on any atom is -0.397 e. The fourth-order valence-corrected chi connectivity index (χ4v) is 2.25. The van der Waals surface area contributed by atoms with E-state index in [2.05, 4.69) is 10.3 Å². The zero-order valence-electron chi connectivity index (χ0n) is 11.2. The average molecular weight is 278 g/mol. The highest BCUT2D eigenvalue weighted by molar-refractivity contribution is 6.03. The van der Waals surface area contributed by atoms with E-state index in [0.717, 1.165) is 16.6 Å². The SMILES string of the molecule is NC(=O)c1cccc(N)c1Nc1cccc2cccnc12. The van der Waals surface area contributed by atoms with Crippen molar-refractivity contribution in [3.8, 4) is 0 Å². The van der Waals surface area contributed by atoms with Gasteiger partial charge in [0.25, 0.3) is 5.91 Å². The first kappa shape index (κ1) is 12.9. The van der Waals surface area contributed by atoms with Gasteiger partial charge in [-0.15, -0.1) is 0 Å². The smallest absolute Gasteiger partial charge is 0.250 e. The maximum atomic E-state index is 11.5. The number of rotatable bonds is 3. The molecule has 0 aliphatic carbocycles. The molecular formula is C16H14N4O. The van der Waals surface area contributed by atoms with Gasteiger partial charge in [-0.3, -0.25) is 9.78 Å². The van der Waals surface area contributed by atoms with Gasteiger partial charge in [-0.2, -0.15) is 0 Å². The zero-order valence-corrected chi connectivity index (χ0v) is 11.2. The Morgan fingerprint density at radius 3 is 2.62 bits per heavy atom. The number of para-hydroxylation sites is 2. The van der Waals surface area contributed by atoms with Gasteiger partial charge in [0.15, 0.2) is 0 Å². The molecule has 3 aromatic rings. The predicted molar refractivity (Wildman–Crippen MR) is 84.4 cm³/mol. The molecule has 0 aliphatic rings. The lowest BCUT2D eigenvalue weighted by atomic mass is 10.1. The Kier molecular flexibility index (Phi) is 3.16. The highest BCUT2D eigenvalue weighted by atomic mass is 16.1. The van der Waals surface area contributed by atoms with Gasteiger partial charge in [0, 0.05) is 11.6 Å². The lowest BCUT2D eigenvalue weighted by Gasteiger charge is -2.14. The summed E-state index contributed by atoms with van der Waals surface area (Å²) < 4.78 is 0. The minimum atomic E-state index is -0.530. The number of nitrogens with two attached hydrogens (primary N) is 2. The molecule has 0 saturated carbocycles. The second-order valence-corrected chi connectivity index (χ2v) is 4.64. The van der Waals surface area contributed by atoms with Crippen LogP contribution in [0.2, 0.25) is 0 Å². The summed E-state index contributed by atoms with van der Waals surface area (Å²) in [4.78, 5) is 15.9. The Morgan fingerprint density at radius 2 is 1.81 bits per heavy atom. The van der Waals surface area contributed by atoms with E-state index in [0.29, 0.717) is 16.9 Å². The normalized spacial score (nSPS) is 10.5. The van der Waals surface area contributed by atoms with Crippen LogP contribution < -0.4 is 16.8 Å². The van der Waals surface area contributed by atoms with Crippen LogP contribution in [0.15, 0.2) is 54.7 Å². The molecule has 0 unspecified atom stereocenters. The molecule has 0 bridgehead atoms. The standard InChI is InChI=1S/C16H14N4O/c17-12-7-2-6-11(16(18)21)15(12)20-13-8-1-4-10-5-3-9-19-14(10)13/h1-9,20H,17H2,(H2,18,21). The molecule has 1 amide bonds. The monoisotopic (exact) mass is 278 g/mol. The first-order valence-electron chi connectivity index (χ1n) is 6.46. The van der Waals surface area contributed by atoms with Crippen LogP contribution >= 0.6 is 0 Å². The summed E-state index contributed by atoms with van der Waals surface area (Å²) in [6, 6.07) is 14.7. The Morgan fingerprint density at radius 1 is 1.05 bits per heavy atom. The number of benzene rings is 2. The molecular weight excluding hydrogens is 264 g/mol. The minimum absolute atomic E-state index is 0.350. The number of fused-ring (bicyclic) bond motifs is 1. The van der Waals surface area contributed by atoms with Crippen molar-refractivity contribution >= 4 is 33.9 Å². The number of carbonyl (C=O) groups excluding carboxylic acids is 1. The van der Waals surface area contributed by atoms with Crippen LogP contribution in [-0.4, -0.2) is 10.9 Å². The molecule has 2 aromatic carbocycles. The van der Waals surface area contributed by atoms with Crippen LogP contribution in [0.4, 0.5) is 17.1 Å². The maximum absolute atomic E-state index is 11.5. The van der Waals surface area contributed by atoms with Gasteiger partial charge in [-0.1, -0.05) is 24.3 Å². The van der Waals surface area contributed by atoms with Crippen molar-refractivity contribution in [3.63, 3.8) is 0 Å². The van der Waals surface area contributed by atoms with Gasteiger partial charge >= 0.3 is 0 Å². The molecule has 0 atom stereocenters. The third-order valence-electron chi connectivity index (χ3n) is 3.25. The summed E-state index contributed by atoms with van der Waals surface area (Å²) in [6.45, 7) is 0. The number of pyridine rings is 1. The second kappa shape index (κ2) is 5.13. The van der Waals surface area contributed by atoms with E-state index in [4.69, 9.17) is 11.5 Å². The largest absolute Gasteiger partial charge is 0.397 e. The van der Waals surface area contributed by atoms with Crippen LogP contribution in [-0.2, 0) is 0 Å². The summed E-state index contributed by atoms with van der Waals surface area (Å²) in [5, 5.41) is 4.17. The number of hydrogen-bond acceptors (Lipinski definition) is 4. The zero-order chi connectivity index (χ0) is 14.8. The Balaban J connectivity index is 2.13. The third kappa shape index (κ3) is 2.36. The lowest BCUT2D eigenvalue weighted by molar-refractivity contribution is 0.100. The molecule has 0 radical (unpaired) electrons. The summed E-state index contributed by atoms with van der Waals surface area (Å²) >= 11 is 0. The fraction of sp³-hybridized carbons (Fsp3) is 0. The molecule has 5 nitrogen and oxygen atoms in total. The van der Waals surface area contributed by atoms with Gasteiger partial charge in [-0.25, -0.2) is 0 Å². The van der Waals surface area contributed by atoms with Crippen LogP contribution in [0, 0.1) is 0 Å². The van der Waals surface area contributed by atoms with Crippen molar-refractivity contribution in [2.24, 2.45) is 5.73 Å². The molecule has 0 fully saturated rings. The van der Waals surface area contributed by atoms with Crippen LogP contribution in [0.3, 0.4) is 0 Å². The van der Waals surface area contributed by atoms with Crippen molar-refractivity contribution in [3.05, 3.63) is 60.3 Å². The van der Waals surface area contributed by atoms with Crippen molar-refractivity contribution in [2.75, 3.05) is 11.1 Å². The van der Waals surface area contributed by atoms with E-state index in [1.165, 1.54) is 0 Å². The molecule has 5 heteroatoms. The molecule has 21 heavy (non-hydrogen) atoms. The van der Waals surface area contributed by atoms with Crippen LogP contribution in [0.1, 0.15) is 10.4 Å². The van der Waals surface area contributed by atoms with Gasteiger partial charge in [-0.05, 0) is 24.3 Å². The van der Waals surface area contributed by atoms with Crippen LogP contribution in [0.25, 0.3) is 10.9 Å². The van der Waals surface area contributed by atoms with E-state index >= 15 is 0 Å². The molecule has 1 heterocycles. The molecule has 5 N–H and O–H groups in total. The predicted octanol–water partition coefficient (Wildman–Crippen LogP) is 2.66. The quantitative estimate of drug-likeness (QED) is 0.642. The number of carbonyl (C=O) groups is 1. The van der Waals surface area contributed by atoms with Gasteiger partial charge in [0.05, 0.1) is 28.1 Å². The van der Waals surface area contributed by atoms with E-state index in [-0.39, 0.29) is 0 Å². The number of nitrogens with zero attached hydrogens (tertiary/aromatic N) is 1. The molecule has 0 spiro atoms. The average Bonchev–Trinajstić information content (AvgIpc) is 2.49. The Hall–Kier alpha value is -3.08. The summed E-state index contributed by atoms with van der Waals surface area (Å²) in [7, 11) is 0. The molecule has 104 valence electrons. The van der Waals surface area contributed by atoms with Crippen LogP contribution in [0.5, 0.6) is 0 Å². The topological polar surface area (TPSA) is 94.0 Å². The molecule has 1 aromatic heterocycles. The van der Waals surface area contributed by atoms with E-state index in [9.17, 15) is 4.79 Å². The van der Waals surface area contributed by atoms with Gasteiger partial charge in [0.2, 0.25) is 0 Å².